The van der Waals surface area contributed by atoms with Crippen LogP contribution in [0, 0.1) is 6.92 Å². The van der Waals surface area contributed by atoms with E-state index >= 15 is 0 Å². The number of nitrogens with zero attached hydrogens (tertiary/aromatic N) is 2. The number of nitrogens with two attached hydrogens (primary N) is 1. The molecule has 19 heavy (non-hydrogen) atoms. The maximum absolute atomic E-state index is 6.26. The van der Waals surface area contributed by atoms with Crippen molar-refractivity contribution in [2.45, 2.75) is 6.92 Å². The fourth-order valence-corrected chi connectivity index (χ4v) is 4.17. The van der Waals surface area contributed by atoms with Crippen LogP contribution in [0.4, 0.5) is 5.69 Å². The van der Waals surface area contributed by atoms with Gasteiger partial charge in [-0.3, -0.25) is 4.68 Å². The Morgan fingerprint density at radius 2 is 1.84 bits per heavy atom. The van der Waals surface area contributed by atoms with Crippen LogP contribution in [0.2, 0.25) is 10.0 Å². The first kappa shape index (κ1) is 12.8. The number of aryl methyl sites for hydroxylation is 2. The molecule has 2 heterocycles. The third kappa shape index (κ3) is 2.00. The van der Waals surface area contributed by atoms with E-state index in [0.29, 0.717) is 15.7 Å². The van der Waals surface area contributed by atoms with Crippen LogP contribution in [0.25, 0.3) is 20.7 Å². The van der Waals surface area contributed by atoms with E-state index in [0.717, 1.165) is 26.4 Å². The molecule has 0 aliphatic rings. The van der Waals surface area contributed by atoms with Gasteiger partial charge < -0.3 is 5.73 Å². The molecule has 3 rings (SSSR count). The van der Waals surface area contributed by atoms with Crippen molar-refractivity contribution >= 4 is 50.4 Å². The summed E-state index contributed by atoms with van der Waals surface area (Å²) in [5, 5.41) is 6.66. The lowest BCUT2D eigenvalue weighted by atomic mass is 10.1. The van der Waals surface area contributed by atoms with Gasteiger partial charge in [-0.25, -0.2) is 0 Å². The third-order valence-corrected chi connectivity index (χ3v) is 4.82. The fraction of sp³-hybridized carbons (Fsp3) is 0.154. The van der Waals surface area contributed by atoms with E-state index in [2.05, 4.69) is 11.2 Å². The third-order valence-electron chi connectivity index (χ3n) is 3.01. The van der Waals surface area contributed by atoms with Gasteiger partial charge in [-0.2, -0.15) is 5.10 Å². The normalized spacial score (nSPS) is 11.4. The number of hydrogen-bond acceptors (Lipinski definition) is 3. The van der Waals surface area contributed by atoms with Crippen molar-refractivity contribution in [3.63, 3.8) is 0 Å². The molecule has 0 amide bonds. The summed E-state index contributed by atoms with van der Waals surface area (Å²) < 4.78 is 1.87. The molecule has 0 bridgehead atoms. The van der Waals surface area contributed by atoms with Crippen LogP contribution in [0.1, 0.15) is 5.69 Å². The number of halogens is 2. The van der Waals surface area contributed by atoms with Crippen LogP contribution < -0.4 is 5.73 Å². The van der Waals surface area contributed by atoms with Gasteiger partial charge in [0.2, 0.25) is 0 Å². The average molecular weight is 312 g/mol. The minimum absolute atomic E-state index is 0.567. The molecule has 6 heteroatoms. The summed E-state index contributed by atoms with van der Waals surface area (Å²) in [4.78, 5) is 2.14. The predicted octanol–water partition coefficient (Wildman–Crippen LogP) is 4.50. The standard InChI is InChI=1S/C13H11Cl2N3S/c1-6-8-5-11(19-13(8)18(2)17-6)12-9(14)3-7(16)4-10(12)15/h3-5H,16H2,1-2H3. The SMILES string of the molecule is Cc1nn(C)c2sc(-c3c(Cl)cc(N)cc3Cl)cc12. The largest absolute Gasteiger partial charge is 0.399 e. The molecule has 0 atom stereocenters. The second kappa shape index (κ2) is 4.40. The summed E-state index contributed by atoms with van der Waals surface area (Å²) in [6.45, 7) is 1.99. The van der Waals surface area contributed by atoms with E-state index in [1.807, 2.05) is 18.7 Å². The highest BCUT2D eigenvalue weighted by molar-refractivity contribution is 7.22. The Morgan fingerprint density at radius 1 is 1.21 bits per heavy atom. The lowest BCUT2D eigenvalue weighted by molar-refractivity contribution is 0.788. The molecule has 0 saturated heterocycles. The molecule has 0 aliphatic heterocycles. The topological polar surface area (TPSA) is 43.8 Å². The summed E-state index contributed by atoms with van der Waals surface area (Å²) in [5.74, 6) is 0. The van der Waals surface area contributed by atoms with Gasteiger partial charge in [0.05, 0.1) is 15.7 Å². The number of hydrogen-bond donors (Lipinski definition) is 1. The van der Waals surface area contributed by atoms with Crippen LogP contribution in [0.3, 0.4) is 0 Å². The molecule has 0 saturated carbocycles. The molecule has 3 nitrogen and oxygen atoms in total. The Hall–Kier alpha value is -1.23. The molecule has 0 radical (unpaired) electrons. The Balaban J connectivity index is 2.28. The lowest BCUT2D eigenvalue weighted by Gasteiger charge is -2.05. The zero-order chi connectivity index (χ0) is 13.7. The number of nitrogen functional groups attached to an aromatic ring is 1. The number of benzene rings is 1. The van der Waals surface area contributed by atoms with Crippen molar-refractivity contribution in [1.82, 2.24) is 9.78 Å². The molecule has 0 unspecified atom stereocenters. The molecule has 3 aromatic rings. The monoisotopic (exact) mass is 311 g/mol. The molecule has 0 fully saturated rings. The van der Waals surface area contributed by atoms with Crippen molar-refractivity contribution in [3.05, 3.63) is 33.9 Å². The van der Waals surface area contributed by atoms with Crippen molar-refractivity contribution in [3.8, 4) is 10.4 Å². The van der Waals surface area contributed by atoms with Gasteiger partial charge in [0.15, 0.2) is 0 Å². The van der Waals surface area contributed by atoms with Gasteiger partial charge in [0.25, 0.3) is 0 Å². The second-order valence-electron chi connectivity index (χ2n) is 4.40. The first-order valence-electron chi connectivity index (χ1n) is 5.65. The number of aromatic nitrogens is 2. The van der Waals surface area contributed by atoms with Gasteiger partial charge in [-0.15, -0.1) is 11.3 Å². The first-order valence-corrected chi connectivity index (χ1v) is 7.22. The molecule has 1 aromatic carbocycles. The number of anilines is 1. The highest BCUT2D eigenvalue weighted by Gasteiger charge is 2.16. The molecule has 98 valence electrons. The van der Waals surface area contributed by atoms with E-state index < -0.39 is 0 Å². The predicted molar refractivity (Wildman–Crippen MR) is 83.2 cm³/mol. The minimum Gasteiger partial charge on any atom is -0.399 e. The van der Waals surface area contributed by atoms with E-state index in [1.54, 1.807) is 23.5 Å². The van der Waals surface area contributed by atoms with Gasteiger partial charge in [-0.05, 0) is 25.1 Å². The Morgan fingerprint density at radius 3 is 2.42 bits per heavy atom. The summed E-state index contributed by atoms with van der Waals surface area (Å²) in [7, 11) is 1.93. The molecular formula is C13H11Cl2N3S. The van der Waals surface area contributed by atoms with Crippen LogP contribution in [-0.4, -0.2) is 9.78 Å². The first-order chi connectivity index (χ1) is 8.97. The van der Waals surface area contributed by atoms with Crippen LogP contribution in [0.5, 0.6) is 0 Å². The fourth-order valence-electron chi connectivity index (χ4n) is 2.16. The highest BCUT2D eigenvalue weighted by Crippen LogP contribution is 2.42. The maximum atomic E-state index is 6.26. The second-order valence-corrected chi connectivity index (χ2v) is 6.24. The molecule has 2 N–H and O–H groups in total. The molecule has 0 aliphatic carbocycles. The number of fused-ring (bicyclic) bond motifs is 1. The van der Waals surface area contributed by atoms with Crippen molar-refractivity contribution in [2.75, 3.05) is 5.73 Å². The van der Waals surface area contributed by atoms with Crippen LogP contribution >= 0.6 is 34.5 Å². The maximum Gasteiger partial charge on any atom is 0.121 e. The van der Waals surface area contributed by atoms with E-state index in [4.69, 9.17) is 28.9 Å². The number of rotatable bonds is 1. The van der Waals surface area contributed by atoms with Crippen molar-refractivity contribution in [2.24, 2.45) is 7.05 Å². The summed E-state index contributed by atoms with van der Waals surface area (Å²) >= 11 is 14.1. The van der Waals surface area contributed by atoms with Gasteiger partial charge in [0.1, 0.15) is 4.83 Å². The van der Waals surface area contributed by atoms with Gasteiger partial charge >= 0.3 is 0 Å². The van der Waals surface area contributed by atoms with Crippen LogP contribution in [0.15, 0.2) is 18.2 Å². The average Bonchev–Trinajstić information content (AvgIpc) is 2.81. The van der Waals surface area contributed by atoms with E-state index in [9.17, 15) is 0 Å². The Bertz CT molecular complexity index is 731. The number of thiophene rings is 1. The lowest BCUT2D eigenvalue weighted by Crippen LogP contribution is -1.88. The van der Waals surface area contributed by atoms with Gasteiger partial charge in [0, 0.05) is 28.6 Å². The summed E-state index contributed by atoms with van der Waals surface area (Å²) in [6.07, 6.45) is 0. The van der Waals surface area contributed by atoms with E-state index in [-0.39, 0.29) is 0 Å². The Kier molecular flexibility index (Phi) is 2.96. The minimum atomic E-state index is 0.567. The highest BCUT2D eigenvalue weighted by atomic mass is 35.5. The zero-order valence-corrected chi connectivity index (χ0v) is 12.7. The smallest absolute Gasteiger partial charge is 0.121 e. The van der Waals surface area contributed by atoms with Crippen molar-refractivity contribution < 1.29 is 0 Å². The summed E-state index contributed by atoms with van der Waals surface area (Å²) in [6, 6.07) is 5.52. The van der Waals surface area contributed by atoms with Crippen molar-refractivity contribution in [1.29, 1.82) is 0 Å². The molecular weight excluding hydrogens is 301 g/mol. The van der Waals surface area contributed by atoms with E-state index in [1.165, 1.54) is 0 Å². The van der Waals surface area contributed by atoms with Gasteiger partial charge in [-0.1, -0.05) is 23.2 Å². The van der Waals surface area contributed by atoms with Crippen LogP contribution in [-0.2, 0) is 7.05 Å². The summed E-state index contributed by atoms with van der Waals surface area (Å²) in [5.41, 5.74) is 8.13. The Labute approximate surface area is 124 Å². The molecule has 0 spiro atoms. The zero-order valence-electron chi connectivity index (χ0n) is 10.4. The quantitative estimate of drug-likeness (QED) is 0.672. The molecule has 2 aromatic heterocycles.